The van der Waals surface area contributed by atoms with Gasteiger partial charge in [-0.05, 0) is 25.0 Å². The Balaban J connectivity index is 1.64. The molecule has 0 radical (unpaired) electrons. The largest absolute Gasteiger partial charge is 0.365 e. The smallest absolute Gasteiger partial charge is 0.252 e. The average molecular weight is 410 g/mol. The quantitative estimate of drug-likeness (QED) is 0.489. The van der Waals surface area contributed by atoms with E-state index in [0.29, 0.717) is 11.5 Å². The zero-order chi connectivity index (χ0) is 21.1. The van der Waals surface area contributed by atoms with Crippen LogP contribution in [0, 0.1) is 5.82 Å². The highest BCUT2D eigenvalue weighted by Gasteiger charge is 2.24. The van der Waals surface area contributed by atoms with Crippen molar-refractivity contribution in [2.24, 2.45) is 11.5 Å². The number of nitrogens with one attached hydrogen (secondary N) is 2. The third-order valence-electron chi connectivity index (χ3n) is 5.16. The number of halogens is 1. The molecule has 4 rings (SSSR count). The molecule has 1 aliphatic carbocycles. The fourth-order valence-corrected chi connectivity index (χ4v) is 3.56. The molecule has 3 aromatic rings. The summed E-state index contributed by atoms with van der Waals surface area (Å²) < 4.78 is 16.4. The fraction of sp³-hybridized carbons (Fsp3) is 0.300. The number of carbonyl (C=O) groups is 1. The number of nitrogens with zero attached hydrogens (tertiary/aromatic N) is 4. The summed E-state index contributed by atoms with van der Waals surface area (Å²) in [6.45, 7) is 0. The highest BCUT2D eigenvalue weighted by molar-refractivity contribution is 5.98. The molecule has 1 amide bonds. The van der Waals surface area contributed by atoms with E-state index < -0.39 is 11.7 Å². The number of primary amides is 1. The summed E-state index contributed by atoms with van der Waals surface area (Å²) in [5, 5.41) is 6.15. The molecule has 0 aliphatic heterocycles. The first-order chi connectivity index (χ1) is 14.5. The lowest BCUT2D eigenvalue weighted by Crippen LogP contribution is -2.43. The van der Waals surface area contributed by atoms with E-state index in [1.54, 1.807) is 41.6 Å². The van der Waals surface area contributed by atoms with Gasteiger partial charge in [-0.2, -0.15) is 0 Å². The van der Waals surface area contributed by atoms with Gasteiger partial charge in [-0.3, -0.25) is 9.36 Å². The Morgan fingerprint density at radius 2 is 2.03 bits per heavy atom. The zero-order valence-corrected chi connectivity index (χ0v) is 16.3. The Bertz CT molecular complexity index is 1040. The van der Waals surface area contributed by atoms with Crippen LogP contribution in [0.5, 0.6) is 0 Å². The third-order valence-corrected chi connectivity index (χ3v) is 5.16. The summed E-state index contributed by atoms with van der Waals surface area (Å²) in [4.78, 5) is 24.5. The van der Waals surface area contributed by atoms with Crippen LogP contribution >= 0.6 is 0 Å². The number of hydrogen-bond acceptors (Lipinski definition) is 7. The van der Waals surface area contributed by atoms with Crippen LogP contribution in [-0.4, -0.2) is 37.5 Å². The van der Waals surface area contributed by atoms with Gasteiger partial charge in [0, 0.05) is 42.4 Å². The lowest BCUT2D eigenvalue weighted by molar-refractivity contribution is 0.100. The third kappa shape index (κ3) is 4.23. The molecule has 2 atom stereocenters. The number of aromatic nitrogens is 4. The second-order valence-corrected chi connectivity index (χ2v) is 7.28. The first-order valence-electron chi connectivity index (χ1n) is 9.75. The summed E-state index contributed by atoms with van der Waals surface area (Å²) in [7, 11) is 0. The molecule has 6 N–H and O–H groups in total. The minimum Gasteiger partial charge on any atom is -0.365 e. The standard InChI is InChI=1S/C20H23FN8O/c21-14-10-13(18(23)30)19(28-20(14)27-16-4-2-1-3-15(16)22)26-12-5-6-25-17(9-12)29-8-7-24-11-29/h5-11,15-16H,1-4,22H2,(H2,23,30)(H2,25,26,27,28)/t15-,16+/m0/s1. The maximum atomic E-state index is 14.6. The molecule has 3 heterocycles. The molecule has 0 saturated heterocycles. The molecule has 1 aliphatic rings. The van der Waals surface area contributed by atoms with Crippen LogP contribution in [0.15, 0.2) is 43.1 Å². The highest BCUT2D eigenvalue weighted by Crippen LogP contribution is 2.27. The molecule has 0 unspecified atom stereocenters. The number of anilines is 3. The number of imidazole rings is 1. The van der Waals surface area contributed by atoms with Crippen molar-refractivity contribution in [3.8, 4) is 5.82 Å². The first-order valence-corrected chi connectivity index (χ1v) is 9.75. The second-order valence-electron chi connectivity index (χ2n) is 7.28. The number of carbonyl (C=O) groups excluding carboxylic acids is 1. The van der Waals surface area contributed by atoms with Gasteiger partial charge >= 0.3 is 0 Å². The number of rotatable bonds is 6. The minimum absolute atomic E-state index is 0.0359. The molecule has 10 heteroatoms. The molecule has 3 aromatic heterocycles. The van der Waals surface area contributed by atoms with E-state index in [2.05, 4.69) is 25.6 Å². The van der Waals surface area contributed by atoms with E-state index in [1.165, 1.54) is 0 Å². The van der Waals surface area contributed by atoms with Gasteiger partial charge in [-0.25, -0.2) is 19.3 Å². The Kier molecular flexibility index (Phi) is 5.57. The van der Waals surface area contributed by atoms with Crippen molar-refractivity contribution in [3.05, 3.63) is 54.5 Å². The first kappa shape index (κ1) is 19.8. The number of nitrogens with two attached hydrogens (primary N) is 2. The molecule has 0 bridgehead atoms. The summed E-state index contributed by atoms with van der Waals surface area (Å²) in [6, 6.07) is 4.39. The van der Waals surface area contributed by atoms with Gasteiger partial charge in [-0.15, -0.1) is 0 Å². The maximum Gasteiger partial charge on any atom is 0.252 e. The highest BCUT2D eigenvalue weighted by atomic mass is 19.1. The van der Waals surface area contributed by atoms with Crippen molar-refractivity contribution in [3.63, 3.8) is 0 Å². The van der Waals surface area contributed by atoms with Crippen LogP contribution in [-0.2, 0) is 0 Å². The average Bonchev–Trinajstić information content (AvgIpc) is 3.27. The topological polar surface area (TPSA) is 137 Å². The van der Waals surface area contributed by atoms with Crippen molar-refractivity contribution < 1.29 is 9.18 Å². The lowest BCUT2D eigenvalue weighted by Gasteiger charge is -2.30. The van der Waals surface area contributed by atoms with Gasteiger partial charge in [0.2, 0.25) is 0 Å². The molecular weight excluding hydrogens is 387 g/mol. The fourth-order valence-electron chi connectivity index (χ4n) is 3.56. The predicted octanol–water partition coefficient (Wildman–Crippen LogP) is 2.33. The Morgan fingerprint density at radius 1 is 1.20 bits per heavy atom. The summed E-state index contributed by atoms with van der Waals surface area (Å²) in [5.41, 5.74) is 12.2. The van der Waals surface area contributed by atoms with Gasteiger partial charge in [0.1, 0.15) is 18.0 Å². The molecule has 0 aromatic carbocycles. The van der Waals surface area contributed by atoms with Crippen LogP contribution < -0.4 is 22.1 Å². The molecule has 9 nitrogen and oxygen atoms in total. The van der Waals surface area contributed by atoms with Crippen molar-refractivity contribution in [2.75, 3.05) is 10.6 Å². The Morgan fingerprint density at radius 3 is 2.77 bits per heavy atom. The molecular formula is C20H23FN8O. The molecule has 1 saturated carbocycles. The molecule has 1 fully saturated rings. The van der Waals surface area contributed by atoms with Crippen molar-refractivity contribution in [1.82, 2.24) is 19.5 Å². The van der Waals surface area contributed by atoms with E-state index in [1.807, 2.05) is 0 Å². The van der Waals surface area contributed by atoms with Crippen LogP contribution in [0.3, 0.4) is 0 Å². The molecule has 0 spiro atoms. The summed E-state index contributed by atoms with van der Waals surface area (Å²) >= 11 is 0. The molecule has 30 heavy (non-hydrogen) atoms. The van der Waals surface area contributed by atoms with E-state index in [4.69, 9.17) is 11.5 Å². The summed E-state index contributed by atoms with van der Waals surface area (Å²) in [6.07, 6.45) is 10.4. The van der Waals surface area contributed by atoms with Crippen LogP contribution in [0.4, 0.5) is 21.7 Å². The van der Waals surface area contributed by atoms with E-state index in [9.17, 15) is 9.18 Å². The van der Waals surface area contributed by atoms with Crippen LogP contribution in [0.1, 0.15) is 36.0 Å². The second kappa shape index (κ2) is 8.46. The van der Waals surface area contributed by atoms with E-state index >= 15 is 0 Å². The normalized spacial score (nSPS) is 18.7. The molecule has 156 valence electrons. The SMILES string of the molecule is NC(=O)c1cc(F)c(N[C@@H]2CCCC[C@@H]2N)nc1Nc1ccnc(-n2ccnc2)c1. The monoisotopic (exact) mass is 410 g/mol. The minimum atomic E-state index is -0.784. The van der Waals surface area contributed by atoms with Crippen molar-refractivity contribution in [1.29, 1.82) is 0 Å². The Hall–Kier alpha value is -3.53. The van der Waals surface area contributed by atoms with Crippen molar-refractivity contribution in [2.45, 2.75) is 37.8 Å². The van der Waals surface area contributed by atoms with Gasteiger partial charge in [0.25, 0.3) is 5.91 Å². The van der Waals surface area contributed by atoms with E-state index in [-0.39, 0.29) is 29.3 Å². The number of pyridine rings is 2. The lowest BCUT2D eigenvalue weighted by atomic mass is 9.91. The number of hydrogen-bond donors (Lipinski definition) is 4. The van der Waals surface area contributed by atoms with Crippen LogP contribution in [0.2, 0.25) is 0 Å². The van der Waals surface area contributed by atoms with Crippen LogP contribution in [0.25, 0.3) is 5.82 Å². The maximum absolute atomic E-state index is 14.6. The predicted molar refractivity (Wildman–Crippen MR) is 111 cm³/mol. The van der Waals surface area contributed by atoms with Gasteiger partial charge in [0.15, 0.2) is 11.6 Å². The van der Waals surface area contributed by atoms with Gasteiger partial charge in [-0.1, -0.05) is 12.8 Å². The summed E-state index contributed by atoms with van der Waals surface area (Å²) in [5.74, 6) is -0.631. The van der Waals surface area contributed by atoms with Gasteiger partial charge < -0.3 is 22.1 Å². The zero-order valence-electron chi connectivity index (χ0n) is 16.3. The Labute approximate surface area is 172 Å². The van der Waals surface area contributed by atoms with Crippen molar-refractivity contribution >= 4 is 23.2 Å². The number of amides is 1. The van der Waals surface area contributed by atoms with Gasteiger partial charge in [0.05, 0.1) is 5.56 Å². The van der Waals surface area contributed by atoms with E-state index in [0.717, 1.165) is 31.7 Å².